The Morgan fingerprint density at radius 2 is 2.00 bits per heavy atom. The molecule has 0 atom stereocenters. The average Bonchev–Trinajstić information content (AvgIpc) is 3.11. The SMILES string of the molecule is COc1ccc(NC(=O)c2ccc3c(=O)n4c(nc3c2)CCC4)cc1. The maximum atomic E-state index is 12.5. The summed E-state index contributed by atoms with van der Waals surface area (Å²) in [7, 11) is 1.59. The topological polar surface area (TPSA) is 73.2 Å². The second-order valence-electron chi connectivity index (χ2n) is 6.00. The molecule has 4 rings (SSSR count). The van der Waals surface area contributed by atoms with Gasteiger partial charge in [0.1, 0.15) is 11.6 Å². The summed E-state index contributed by atoms with van der Waals surface area (Å²) >= 11 is 0. The molecule has 25 heavy (non-hydrogen) atoms. The van der Waals surface area contributed by atoms with Crippen LogP contribution in [0.15, 0.2) is 47.3 Å². The second-order valence-corrected chi connectivity index (χ2v) is 6.00. The minimum atomic E-state index is -0.241. The van der Waals surface area contributed by atoms with Crippen LogP contribution in [-0.2, 0) is 13.0 Å². The van der Waals surface area contributed by atoms with E-state index in [1.807, 2.05) is 0 Å². The molecule has 0 aliphatic carbocycles. The summed E-state index contributed by atoms with van der Waals surface area (Å²) in [5.74, 6) is 1.28. The van der Waals surface area contributed by atoms with Gasteiger partial charge < -0.3 is 10.1 Å². The van der Waals surface area contributed by atoms with Crippen LogP contribution in [0.25, 0.3) is 10.9 Å². The van der Waals surface area contributed by atoms with Gasteiger partial charge in [-0.1, -0.05) is 0 Å². The number of ether oxygens (including phenoxy) is 1. The van der Waals surface area contributed by atoms with Crippen molar-refractivity contribution in [1.29, 1.82) is 0 Å². The Bertz CT molecular complexity index is 1020. The number of methoxy groups -OCH3 is 1. The summed E-state index contributed by atoms with van der Waals surface area (Å²) in [5, 5.41) is 3.38. The zero-order chi connectivity index (χ0) is 17.4. The number of carbonyl (C=O) groups excluding carboxylic acids is 1. The fourth-order valence-electron chi connectivity index (χ4n) is 3.10. The predicted octanol–water partition coefficient (Wildman–Crippen LogP) is 2.60. The van der Waals surface area contributed by atoms with Crippen LogP contribution in [0.3, 0.4) is 0 Å². The molecule has 0 unspecified atom stereocenters. The van der Waals surface area contributed by atoms with Gasteiger partial charge in [0.2, 0.25) is 0 Å². The Morgan fingerprint density at radius 3 is 2.76 bits per heavy atom. The first-order valence-electron chi connectivity index (χ1n) is 8.14. The smallest absolute Gasteiger partial charge is 0.261 e. The lowest BCUT2D eigenvalue weighted by molar-refractivity contribution is 0.102. The van der Waals surface area contributed by atoms with E-state index in [0.717, 1.165) is 31.0 Å². The number of aryl methyl sites for hydroxylation is 1. The van der Waals surface area contributed by atoms with Crippen LogP contribution in [0.1, 0.15) is 22.6 Å². The van der Waals surface area contributed by atoms with Crippen LogP contribution >= 0.6 is 0 Å². The van der Waals surface area contributed by atoms with Crippen LogP contribution in [0.2, 0.25) is 0 Å². The van der Waals surface area contributed by atoms with E-state index in [-0.39, 0.29) is 11.5 Å². The largest absolute Gasteiger partial charge is 0.497 e. The van der Waals surface area contributed by atoms with E-state index in [2.05, 4.69) is 10.3 Å². The molecule has 0 bridgehead atoms. The quantitative estimate of drug-likeness (QED) is 0.798. The molecule has 0 fully saturated rings. The third-order valence-electron chi connectivity index (χ3n) is 4.43. The number of fused-ring (bicyclic) bond motifs is 2. The van der Waals surface area contributed by atoms with Gasteiger partial charge in [0, 0.05) is 24.2 Å². The van der Waals surface area contributed by atoms with E-state index >= 15 is 0 Å². The monoisotopic (exact) mass is 335 g/mol. The number of rotatable bonds is 3. The van der Waals surface area contributed by atoms with Crippen LogP contribution in [-0.4, -0.2) is 22.6 Å². The molecule has 1 amide bonds. The number of amides is 1. The van der Waals surface area contributed by atoms with Crippen molar-refractivity contribution in [3.05, 3.63) is 64.2 Å². The van der Waals surface area contributed by atoms with Gasteiger partial charge in [-0.05, 0) is 48.9 Å². The molecular weight excluding hydrogens is 318 g/mol. The van der Waals surface area contributed by atoms with Crippen LogP contribution in [0.4, 0.5) is 5.69 Å². The van der Waals surface area contributed by atoms with Crippen molar-refractivity contribution >= 4 is 22.5 Å². The molecule has 6 nitrogen and oxygen atoms in total. The third-order valence-corrected chi connectivity index (χ3v) is 4.43. The molecule has 1 N–H and O–H groups in total. The Kier molecular flexibility index (Phi) is 3.72. The van der Waals surface area contributed by atoms with Crippen LogP contribution < -0.4 is 15.6 Å². The van der Waals surface area contributed by atoms with Crippen molar-refractivity contribution in [2.45, 2.75) is 19.4 Å². The van der Waals surface area contributed by atoms with Gasteiger partial charge in [0.15, 0.2) is 0 Å². The van der Waals surface area contributed by atoms with Crippen LogP contribution in [0, 0.1) is 0 Å². The van der Waals surface area contributed by atoms with E-state index in [4.69, 9.17) is 4.74 Å². The minimum Gasteiger partial charge on any atom is -0.497 e. The van der Waals surface area contributed by atoms with E-state index in [9.17, 15) is 9.59 Å². The maximum absolute atomic E-state index is 12.5. The molecule has 0 spiro atoms. The molecule has 1 aliphatic heterocycles. The number of nitrogens with zero attached hydrogens (tertiary/aromatic N) is 2. The first kappa shape index (κ1) is 15.4. The summed E-state index contributed by atoms with van der Waals surface area (Å²) in [6, 6.07) is 12.1. The number of hydrogen-bond acceptors (Lipinski definition) is 4. The van der Waals surface area contributed by atoms with Crippen molar-refractivity contribution < 1.29 is 9.53 Å². The summed E-state index contributed by atoms with van der Waals surface area (Å²) < 4.78 is 6.82. The lowest BCUT2D eigenvalue weighted by Crippen LogP contribution is -2.21. The highest BCUT2D eigenvalue weighted by Gasteiger charge is 2.17. The molecule has 1 aromatic heterocycles. The average molecular weight is 335 g/mol. The molecule has 0 radical (unpaired) electrons. The zero-order valence-corrected chi connectivity index (χ0v) is 13.8. The van der Waals surface area contributed by atoms with Gasteiger partial charge in [0.25, 0.3) is 11.5 Å². The summed E-state index contributed by atoms with van der Waals surface area (Å²) in [4.78, 5) is 29.5. The van der Waals surface area contributed by atoms with Crippen molar-refractivity contribution in [2.75, 3.05) is 12.4 Å². The van der Waals surface area contributed by atoms with Gasteiger partial charge in [-0.15, -0.1) is 0 Å². The van der Waals surface area contributed by atoms with Crippen molar-refractivity contribution in [2.24, 2.45) is 0 Å². The van der Waals surface area contributed by atoms with E-state index in [0.29, 0.717) is 22.2 Å². The number of anilines is 1. The first-order valence-corrected chi connectivity index (χ1v) is 8.14. The summed E-state index contributed by atoms with van der Waals surface area (Å²) in [6.45, 7) is 0.719. The van der Waals surface area contributed by atoms with E-state index in [1.54, 1.807) is 54.1 Å². The normalized spacial score (nSPS) is 12.8. The maximum Gasteiger partial charge on any atom is 0.261 e. The lowest BCUT2D eigenvalue weighted by atomic mass is 10.1. The molecule has 1 aliphatic rings. The van der Waals surface area contributed by atoms with E-state index < -0.39 is 0 Å². The second kappa shape index (κ2) is 6.05. The Balaban J connectivity index is 1.65. The number of carbonyl (C=O) groups is 1. The van der Waals surface area contributed by atoms with Crippen LogP contribution in [0.5, 0.6) is 5.75 Å². The molecule has 0 saturated heterocycles. The number of benzene rings is 2. The van der Waals surface area contributed by atoms with Gasteiger partial charge in [-0.3, -0.25) is 14.2 Å². The molecule has 6 heteroatoms. The highest BCUT2D eigenvalue weighted by atomic mass is 16.5. The number of aromatic nitrogens is 2. The summed E-state index contributed by atoms with van der Waals surface area (Å²) in [5.41, 5.74) is 1.69. The fourth-order valence-corrected chi connectivity index (χ4v) is 3.10. The van der Waals surface area contributed by atoms with Gasteiger partial charge in [0.05, 0.1) is 18.0 Å². The molecular formula is C19H17N3O3. The van der Waals surface area contributed by atoms with Crippen molar-refractivity contribution in [1.82, 2.24) is 9.55 Å². The molecule has 0 saturated carbocycles. The predicted molar refractivity (Wildman–Crippen MR) is 95.3 cm³/mol. The standard InChI is InChI=1S/C19H17N3O3/c1-25-14-7-5-13(6-8-14)20-18(23)12-4-9-15-16(11-12)21-17-3-2-10-22(17)19(15)24/h4-9,11H,2-3,10H2,1H3,(H,20,23). The van der Waals surface area contributed by atoms with E-state index in [1.165, 1.54) is 0 Å². The molecule has 2 heterocycles. The minimum absolute atomic E-state index is 0.0281. The highest BCUT2D eigenvalue weighted by Crippen LogP contribution is 2.18. The molecule has 126 valence electrons. The third kappa shape index (κ3) is 2.76. The van der Waals surface area contributed by atoms with Crippen molar-refractivity contribution in [3.63, 3.8) is 0 Å². The number of hydrogen-bond donors (Lipinski definition) is 1. The molecule has 2 aromatic carbocycles. The Hall–Kier alpha value is -3.15. The Morgan fingerprint density at radius 1 is 1.20 bits per heavy atom. The zero-order valence-electron chi connectivity index (χ0n) is 13.8. The Labute approximate surface area is 144 Å². The fraction of sp³-hybridized carbons (Fsp3) is 0.211. The van der Waals surface area contributed by atoms with Crippen molar-refractivity contribution in [3.8, 4) is 5.75 Å². The molecule has 3 aromatic rings. The van der Waals surface area contributed by atoms with Gasteiger partial charge >= 0.3 is 0 Å². The summed E-state index contributed by atoms with van der Waals surface area (Å²) in [6.07, 6.45) is 1.73. The lowest BCUT2D eigenvalue weighted by Gasteiger charge is -2.08. The van der Waals surface area contributed by atoms with Gasteiger partial charge in [-0.25, -0.2) is 4.98 Å². The van der Waals surface area contributed by atoms with Gasteiger partial charge in [-0.2, -0.15) is 0 Å². The first-order chi connectivity index (χ1) is 12.2. The number of nitrogens with one attached hydrogen (secondary N) is 1. The highest BCUT2D eigenvalue weighted by molar-refractivity contribution is 6.06.